The first kappa shape index (κ1) is 28.2. The van der Waals surface area contributed by atoms with Crippen molar-refractivity contribution >= 4 is 32.3 Å². The van der Waals surface area contributed by atoms with Gasteiger partial charge in [0.25, 0.3) is 0 Å². The van der Waals surface area contributed by atoms with Crippen molar-refractivity contribution in [2.45, 2.75) is 109 Å². The van der Waals surface area contributed by atoms with Crippen LogP contribution in [-0.4, -0.2) is 18.9 Å². The number of benzene rings is 3. The predicted octanol–water partition coefficient (Wildman–Crippen LogP) is 9.64. The average Bonchev–Trinajstić information content (AvgIpc) is 3.22. The molecule has 0 amide bonds. The van der Waals surface area contributed by atoms with Crippen molar-refractivity contribution in [3.05, 3.63) is 87.5 Å². The number of aromatic nitrogens is 1. The SMILES string of the molecule is COC1(NC2CCCCC2)C2c3ccc4c(c3-c3cc(C)c5c(C)cc(C)cc5[n+]3C21C)-c1sc2ccc(C)cc2c1C4(C)C. The minimum Gasteiger partial charge on any atom is -0.356 e. The van der Waals surface area contributed by atoms with Gasteiger partial charge in [-0.1, -0.05) is 69.0 Å². The average molecular weight is 614 g/mol. The zero-order chi connectivity index (χ0) is 31.2. The van der Waals surface area contributed by atoms with Crippen molar-refractivity contribution in [2.24, 2.45) is 0 Å². The summed E-state index contributed by atoms with van der Waals surface area (Å²) in [7, 11) is 1.95. The molecule has 230 valence electrons. The van der Waals surface area contributed by atoms with Gasteiger partial charge in [-0.2, -0.15) is 4.57 Å². The molecule has 3 aliphatic carbocycles. The van der Waals surface area contributed by atoms with E-state index < -0.39 is 5.72 Å². The first-order chi connectivity index (χ1) is 21.5. The van der Waals surface area contributed by atoms with Crippen LogP contribution < -0.4 is 9.88 Å². The lowest BCUT2D eigenvalue weighted by Gasteiger charge is -2.29. The summed E-state index contributed by atoms with van der Waals surface area (Å²) in [6, 6.07) is 19.8. The van der Waals surface area contributed by atoms with Crippen molar-refractivity contribution in [3.8, 4) is 21.7 Å². The number of hydrogen-bond donors (Lipinski definition) is 1. The second kappa shape index (κ2) is 9.06. The second-order valence-corrected chi connectivity index (χ2v) is 16.5. The quantitative estimate of drug-likeness (QED) is 0.162. The van der Waals surface area contributed by atoms with E-state index >= 15 is 0 Å². The Morgan fingerprint density at radius 1 is 0.844 bits per heavy atom. The summed E-state index contributed by atoms with van der Waals surface area (Å²) in [4.78, 5) is 1.46. The van der Waals surface area contributed by atoms with E-state index in [-0.39, 0.29) is 16.9 Å². The molecule has 0 bridgehead atoms. The maximum atomic E-state index is 6.82. The van der Waals surface area contributed by atoms with E-state index in [1.54, 1.807) is 0 Å². The van der Waals surface area contributed by atoms with Gasteiger partial charge in [-0.3, -0.25) is 5.32 Å². The summed E-state index contributed by atoms with van der Waals surface area (Å²) in [6.45, 7) is 16.4. The molecule has 0 saturated heterocycles. The van der Waals surface area contributed by atoms with Gasteiger partial charge in [0.15, 0.2) is 5.72 Å². The summed E-state index contributed by atoms with van der Waals surface area (Å²) < 4.78 is 10.9. The van der Waals surface area contributed by atoms with E-state index in [2.05, 4.69) is 107 Å². The van der Waals surface area contributed by atoms with Crippen LogP contribution in [0.15, 0.2) is 48.5 Å². The minimum absolute atomic E-state index is 0.0708. The summed E-state index contributed by atoms with van der Waals surface area (Å²) in [5, 5.41) is 7.03. The van der Waals surface area contributed by atoms with Crippen LogP contribution in [0.5, 0.6) is 0 Å². The van der Waals surface area contributed by atoms with Crippen LogP contribution in [0.1, 0.15) is 97.7 Å². The van der Waals surface area contributed by atoms with Gasteiger partial charge in [0, 0.05) is 52.8 Å². The summed E-state index contributed by atoms with van der Waals surface area (Å²) >= 11 is 1.99. The third-order valence-corrected chi connectivity index (χ3v) is 13.5. The molecule has 5 aromatic rings. The zero-order valence-electron chi connectivity index (χ0n) is 28.1. The molecule has 1 aliphatic heterocycles. The summed E-state index contributed by atoms with van der Waals surface area (Å²) in [5.41, 5.74) is 14.5. The Morgan fingerprint density at radius 3 is 2.36 bits per heavy atom. The van der Waals surface area contributed by atoms with Crippen LogP contribution in [0.3, 0.4) is 0 Å². The number of rotatable bonds is 3. The Bertz CT molecular complexity index is 2110. The molecule has 3 nitrogen and oxygen atoms in total. The van der Waals surface area contributed by atoms with Gasteiger partial charge in [0.1, 0.15) is 5.92 Å². The molecule has 0 radical (unpaired) electrons. The first-order valence-corrected chi connectivity index (χ1v) is 17.9. The Morgan fingerprint density at radius 2 is 1.60 bits per heavy atom. The highest BCUT2D eigenvalue weighted by Gasteiger charge is 2.86. The molecular weight excluding hydrogens is 569 g/mol. The number of nitrogens with one attached hydrogen (secondary N) is 1. The molecule has 2 saturated carbocycles. The van der Waals surface area contributed by atoms with E-state index in [9.17, 15) is 0 Å². The van der Waals surface area contributed by atoms with Gasteiger partial charge in [0.2, 0.25) is 16.7 Å². The fraction of sp³-hybridized carbons (Fsp3) is 0.439. The Kier molecular flexibility index (Phi) is 5.67. The van der Waals surface area contributed by atoms with E-state index in [1.165, 1.54) is 114 Å². The topological polar surface area (TPSA) is 25.1 Å². The molecule has 45 heavy (non-hydrogen) atoms. The van der Waals surface area contributed by atoms with E-state index in [1.807, 2.05) is 18.4 Å². The molecule has 4 aliphatic rings. The van der Waals surface area contributed by atoms with Gasteiger partial charge in [0.05, 0.1) is 10.9 Å². The standard InChI is InChI=1S/C41H45N2OS/c1-22-14-17-32-28(19-22)36-37(45-32)35-29(39(36,5)6)16-15-27-34(35)31-21-25(4)33-24(3)18-23(2)20-30(33)43(31)40(7)38(27)41(40,44-8)42-26-12-10-9-11-13-26/h14-21,26,38,42H,9-13H2,1-8H3/q+1. The van der Waals surface area contributed by atoms with Gasteiger partial charge in [-0.05, 0) is 85.4 Å². The molecule has 3 aromatic carbocycles. The number of nitrogens with zero attached hydrogens (tertiary/aromatic N) is 1. The maximum absolute atomic E-state index is 6.82. The molecule has 2 fully saturated rings. The molecule has 1 N–H and O–H groups in total. The second-order valence-electron chi connectivity index (χ2n) is 15.4. The smallest absolute Gasteiger partial charge is 0.220 e. The van der Waals surface area contributed by atoms with E-state index in [0.717, 1.165) is 0 Å². The lowest BCUT2D eigenvalue weighted by atomic mass is 9.79. The summed E-state index contributed by atoms with van der Waals surface area (Å²) in [5.74, 6) is 0.213. The third-order valence-electron chi connectivity index (χ3n) is 12.3. The number of fused-ring (bicyclic) bond motifs is 14. The Labute approximate surface area is 271 Å². The highest BCUT2D eigenvalue weighted by Crippen LogP contribution is 2.70. The highest BCUT2D eigenvalue weighted by molar-refractivity contribution is 7.22. The normalized spacial score (nSPS) is 26.0. The third kappa shape index (κ3) is 3.36. The fourth-order valence-electron chi connectivity index (χ4n) is 10.4. The van der Waals surface area contributed by atoms with Gasteiger partial charge >= 0.3 is 0 Å². The highest BCUT2D eigenvalue weighted by atomic mass is 32.1. The summed E-state index contributed by atoms with van der Waals surface area (Å²) in [6.07, 6.45) is 6.41. The molecular formula is C41H45N2OS+. The molecule has 2 aromatic heterocycles. The number of ether oxygens (including phenoxy) is 1. The van der Waals surface area contributed by atoms with E-state index in [0.29, 0.717) is 6.04 Å². The van der Waals surface area contributed by atoms with Crippen molar-refractivity contribution < 1.29 is 9.30 Å². The van der Waals surface area contributed by atoms with Crippen LogP contribution in [-0.2, 0) is 15.7 Å². The van der Waals surface area contributed by atoms with Crippen LogP contribution in [0.4, 0.5) is 0 Å². The van der Waals surface area contributed by atoms with Gasteiger partial charge < -0.3 is 4.74 Å². The number of thiophene rings is 1. The lowest BCUT2D eigenvalue weighted by Crippen LogP contribution is -2.58. The van der Waals surface area contributed by atoms with Crippen molar-refractivity contribution in [2.75, 3.05) is 7.11 Å². The lowest BCUT2D eigenvalue weighted by molar-refractivity contribution is -0.712. The zero-order valence-corrected chi connectivity index (χ0v) is 28.9. The van der Waals surface area contributed by atoms with Gasteiger partial charge in [-0.25, -0.2) is 0 Å². The van der Waals surface area contributed by atoms with Crippen LogP contribution in [0, 0.1) is 27.7 Å². The molecule has 3 unspecified atom stereocenters. The van der Waals surface area contributed by atoms with Crippen molar-refractivity contribution in [1.29, 1.82) is 0 Å². The Hall–Kier alpha value is -3.05. The fourth-order valence-corrected chi connectivity index (χ4v) is 11.8. The molecule has 0 spiro atoms. The first-order valence-electron chi connectivity index (χ1n) is 17.0. The maximum Gasteiger partial charge on any atom is 0.220 e. The van der Waals surface area contributed by atoms with Crippen molar-refractivity contribution in [1.82, 2.24) is 5.32 Å². The number of hydrogen-bond acceptors (Lipinski definition) is 3. The number of methoxy groups -OCH3 is 1. The molecule has 3 heterocycles. The van der Waals surface area contributed by atoms with E-state index in [4.69, 9.17) is 4.74 Å². The molecule has 4 heteroatoms. The number of pyridine rings is 1. The minimum atomic E-state index is -0.470. The van der Waals surface area contributed by atoms with Crippen LogP contribution in [0.25, 0.3) is 42.7 Å². The largest absolute Gasteiger partial charge is 0.356 e. The molecule has 3 atom stereocenters. The Balaban J connectivity index is 1.41. The van der Waals surface area contributed by atoms with Crippen LogP contribution >= 0.6 is 11.3 Å². The molecule has 9 rings (SSSR count). The van der Waals surface area contributed by atoms with Crippen LogP contribution in [0.2, 0.25) is 0 Å². The van der Waals surface area contributed by atoms with Crippen molar-refractivity contribution in [3.63, 3.8) is 0 Å². The number of aryl methyl sites for hydroxylation is 4. The predicted molar refractivity (Wildman–Crippen MR) is 188 cm³/mol. The monoisotopic (exact) mass is 613 g/mol. The van der Waals surface area contributed by atoms with Gasteiger partial charge in [-0.15, -0.1) is 11.3 Å².